The number of carbonyl (C=O) groups excluding carboxylic acids is 2. The zero-order chi connectivity index (χ0) is 12.2. The Bertz CT molecular complexity index is 302. The molecule has 0 heterocycles. The van der Waals surface area contributed by atoms with Gasteiger partial charge in [-0.05, 0) is 20.8 Å². The average molecular weight is 224 g/mol. The number of esters is 1. The number of ether oxygens (including phenoxy) is 1. The Morgan fingerprint density at radius 2 is 1.67 bits per heavy atom. The van der Waals surface area contributed by atoms with Gasteiger partial charge in [-0.15, -0.1) is 0 Å². The lowest BCUT2D eigenvalue weighted by molar-refractivity contribution is -0.141. The lowest BCUT2D eigenvalue weighted by Gasteiger charge is -2.11. The zero-order valence-corrected chi connectivity index (χ0v) is 8.57. The van der Waals surface area contributed by atoms with Gasteiger partial charge in [-0.25, -0.2) is 4.79 Å². The molecule has 0 spiro atoms. The Hall–Kier alpha value is -1.33. The molecule has 0 amide bonds. The number of hydrogen-bond donors (Lipinski definition) is 0. The van der Waals surface area contributed by atoms with E-state index >= 15 is 0 Å². The fourth-order valence-electron chi connectivity index (χ4n) is 0.906. The molecule has 0 aliphatic heterocycles. The molecular formula is C9H11F3O3. The van der Waals surface area contributed by atoms with E-state index in [1.165, 1.54) is 6.92 Å². The van der Waals surface area contributed by atoms with Crippen molar-refractivity contribution in [2.24, 2.45) is 0 Å². The van der Waals surface area contributed by atoms with E-state index in [1.807, 2.05) is 0 Å². The molecule has 0 unspecified atom stereocenters. The summed E-state index contributed by atoms with van der Waals surface area (Å²) in [5.74, 6) is -2.19. The SMILES string of the molecule is CCOC(=O)/C(C(C)=O)=C(/C)C(F)(F)F. The van der Waals surface area contributed by atoms with Gasteiger partial charge in [0.15, 0.2) is 5.78 Å². The van der Waals surface area contributed by atoms with Crippen molar-refractivity contribution in [3.63, 3.8) is 0 Å². The van der Waals surface area contributed by atoms with E-state index < -0.39 is 29.1 Å². The predicted octanol–water partition coefficient (Wildman–Crippen LogP) is 2.02. The first-order valence-electron chi connectivity index (χ1n) is 4.18. The number of carbonyl (C=O) groups is 2. The second-order valence-corrected chi connectivity index (χ2v) is 2.77. The van der Waals surface area contributed by atoms with Crippen molar-refractivity contribution in [2.75, 3.05) is 6.61 Å². The Balaban J connectivity index is 5.31. The van der Waals surface area contributed by atoms with Gasteiger partial charge in [0.2, 0.25) is 0 Å². The minimum atomic E-state index is -4.70. The standard InChI is InChI=1S/C9H11F3O3/c1-4-15-8(14)7(6(3)13)5(2)9(10,11)12/h4H2,1-3H3/b7-5-. The molecule has 0 aliphatic rings. The predicted molar refractivity (Wildman–Crippen MR) is 46.1 cm³/mol. The van der Waals surface area contributed by atoms with Crippen LogP contribution in [0.15, 0.2) is 11.1 Å². The van der Waals surface area contributed by atoms with Gasteiger partial charge in [0, 0.05) is 5.57 Å². The molecule has 15 heavy (non-hydrogen) atoms. The zero-order valence-electron chi connectivity index (χ0n) is 8.57. The summed E-state index contributed by atoms with van der Waals surface area (Å²) in [4.78, 5) is 22.0. The lowest BCUT2D eigenvalue weighted by atomic mass is 10.1. The fourth-order valence-corrected chi connectivity index (χ4v) is 0.906. The fraction of sp³-hybridized carbons (Fsp3) is 0.556. The third-order valence-electron chi connectivity index (χ3n) is 1.63. The second-order valence-electron chi connectivity index (χ2n) is 2.77. The van der Waals surface area contributed by atoms with Crippen LogP contribution in [0, 0.1) is 0 Å². The van der Waals surface area contributed by atoms with Gasteiger partial charge in [0.1, 0.15) is 5.57 Å². The third-order valence-corrected chi connectivity index (χ3v) is 1.63. The highest BCUT2D eigenvalue weighted by Crippen LogP contribution is 2.28. The van der Waals surface area contributed by atoms with Crippen LogP contribution in [-0.2, 0) is 14.3 Å². The van der Waals surface area contributed by atoms with E-state index in [9.17, 15) is 22.8 Å². The van der Waals surface area contributed by atoms with Gasteiger partial charge in [-0.2, -0.15) is 13.2 Å². The van der Waals surface area contributed by atoms with E-state index in [4.69, 9.17) is 0 Å². The highest BCUT2D eigenvalue weighted by atomic mass is 19.4. The summed E-state index contributed by atoms with van der Waals surface area (Å²) in [6.07, 6.45) is -4.70. The first kappa shape index (κ1) is 13.7. The molecule has 0 aliphatic carbocycles. The quantitative estimate of drug-likeness (QED) is 0.319. The van der Waals surface area contributed by atoms with Crippen molar-refractivity contribution in [3.05, 3.63) is 11.1 Å². The van der Waals surface area contributed by atoms with E-state index in [1.54, 1.807) is 0 Å². The van der Waals surface area contributed by atoms with Crippen molar-refractivity contribution < 1.29 is 27.5 Å². The molecule has 0 rings (SSSR count). The molecule has 0 aromatic carbocycles. The van der Waals surface area contributed by atoms with E-state index in [0.717, 1.165) is 6.92 Å². The van der Waals surface area contributed by atoms with E-state index in [-0.39, 0.29) is 6.61 Å². The van der Waals surface area contributed by atoms with Crippen LogP contribution < -0.4 is 0 Å². The van der Waals surface area contributed by atoms with Gasteiger partial charge in [-0.1, -0.05) is 0 Å². The molecule has 0 saturated carbocycles. The second kappa shape index (κ2) is 4.95. The van der Waals surface area contributed by atoms with Crippen LogP contribution in [0.1, 0.15) is 20.8 Å². The van der Waals surface area contributed by atoms with Gasteiger partial charge in [-0.3, -0.25) is 4.79 Å². The average Bonchev–Trinajstić information content (AvgIpc) is 2.02. The van der Waals surface area contributed by atoms with Crippen LogP contribution in [0.5, 0.6) is 0 Å². The first-order valence-corrected chi connectivity index (χ1v) is 4.18. The van der Waals surface area contributed by atoms with Crippen molar-refractivity contribution in [1.82, 2.24) is 0 Å². The number of Topliss-reactive ketones (excluding diaryl/α,β-unsaturated/α-hetero) is 1. The normalized spacial score (nSPS) is 13.2. The molecule has 86 valence electrons. The molecule has 6 heteroatoms. The molecule has 0 aromatic heterocycles. The van der Waals surface area contributed by atoms with Gasteiger partial charge >= 0.3 is 12.1 Å². The maximum atomic E-state index is 12.2. The van der Waals surface area contributed by atoms with Crippen LogP contribution in [0.4, 0.5) is 13.2 Å². The van der Waals surface area contributed by atoms with E-state index in [0.29, 0.717) is 6.92 Å². The molecule has 0 radical (unpaired) electrons. The number of hydrogen-bond acceptors (Lipinski definition) is 3. The minimum absolute atomic E-state index is 0.0826. The van der Waals surface area contributed by atoms with Crippen LogP contribution in [0.2, 0.25) is 0 Å². The molecule has 0 atom stereocenters. The number of allylic oxidation sites excluding steroid dienone is 1. The summed E-state index contributed by atoms with van der Waals surface area (Å²) >= 11 is 0. The van der Waals surface area contributed by atoms with E-state index in [2.05, 4.69) is 4.74 Å². The summed E-state index contributed by atoms with van der Waals surface area (Å²) in [5, 5.41) is 0. The third kappa shape index (κ3) is 3.73. The largest absolute Gasteiger partial charge is 0.462 e. The summed E-state index contributed by atoms with van der Waals surface area (Å²) in [6, 6.07) is 0. The number of rotatable bonds is 3. The summed E-state index contributed by atoms with van der Waals surface area (Å²) in [6.45, 7) is 2.93. The summed E-state index contributed by atoms with van der Waals surface area (Å²) in [5.41, 5.74) is -2.17. The first-order chi connectivity index (χ1) is 6.71. The molecule has 0 aromatic rings. The van der Waals surface area contributed by atoms with Crippen molar-refractivity contribution in [1.29, 1.82) is 0 Å². The van der Waals surface area contributed by atoms with Gasteiger partial charge in [0.05, 0.1) is 6.61 Å². The number of halogens is 3. The van der Waals surface area contributed by atoms with Crippen molar-refractivity contribution >= 4 is 11.8 Å². The molecule has 0 saturated heterocycles. The molecule has 0 N–H and O–H groups in total. The number of ketones is 1. The van der Waals surface area contributed by atoms with Crippen LogP contribution in [-0.4, -0.2) is 24.5 Å². The maximum Gasteiger partial charge on any atom is 0.413 e. The Labute approximate surface area is 84.9 Å². The summed E-state index contributed by atoms with van der Waals surface area (Å²) in [7, 11) is 0. The maximum absolute atomic E-state index is 12.2. The topological polar surface area (TPSA) is 43.4 Å². The lowest BCUT2D eigenvalue weighted by Crippen LogP contribution is -2.22. The molecule has 0 fully saturated rings. The molecule has 3 nitrogen and oxygen atoms in total. The van der Waals surface area contributed by atoms with Crippen molar-refractivity contribution in [3.8, 4) is 0 Å². The smallest absolute Gasteiger partial charge is 0.413 e. The summed E-state index contributed by atoms with van der Waals surface area (Å²) < 4.78 is 41.1. The van der Waals surface area contributed by atoms with Gasteiger partial charge in [0.25, 0.3) is 0 Å². The Kier molecular flexibility index (Phi) is 4.51. The van der Waals surface area contributed by atoms with Crippen LogP contribution in [0.3, 0.4) is 0 Å². The Morgan fingerprint density at radius 1 is 1.20 bits per heavy atom. The highest BCUT2D eigenvalue weighted by Gasteiger charge is 2.36. The minimum Gasteiger partial charge on any atom is -0.462 e. The monoisotopic (exact) mass is 224 g/mol. The molecule has 0 bridgehead atoms. The Morgan fingerprint density at radius 3 is 1.93 bits per heavy atom. The van der Waals surface area contributed by atoms with Crippen LogP contribution in [0.25, 0.3) is 0 Å². The van der Waals surface area contributed by atoms with Crippen molar-refractivity contribution in [2.45, 2.75) is 26.9 Å². The number of alkyl halides is 3. The molecular weight excluding hydrogens is 213 g/mol. The van der Waals surface area contributed by atoms with Crippen LogP contribution >= 0.6 is 0 Å². The van der Waals surface area contributed by atoms with Gasteiger partial charge < -0.3 is 4.74 Å². The highest BCUT2D eigenvalue weighted by molar-refractivity contribution is 6.17.